The number of anilines is 1. The summed E-state index contributed by atoms with van der Waals surface area (Å²) in [6.45, 7) is 7.20. The van der Waals surface area contributed by atoms with Crippen LogP contribution in [0.5, 0.6) is 0 Å². The van der Waals surface area contributed by atoms with Crippen LogP contribution in [0.4, 0.5) is 5.82 Å². The molecule has 100 valence electrons. The number of aryl methyl sites for hydroxylation is 2. The van der Waals surface area contributed by atoms with E-state index < -0.39 is 0 Å². The summed E-state index contributed by atoms with van der Waals surface area (Å²) in [5.74, 6) is 0.636. The van der Waals surface area contributed by atoms with Crippen LogP contribution in [-0.2, 0) is 4.74 Å². The van der Waals surface area contributed by atoms with Gasteiger partial charge in [-0.1, -0.05) is 11.6 Å². The first kappa shape index (κ1) is 13.5. The molecule has 1 unspecified atom stereocenters. The van der Waals surface area contributed by atoms with Gasteiger partial charge in [-0.05, 0) is 20.9 Å². The molecule has 0 bridgehead atoms. The van der Waals surface area contributed by atoms with E-state index in [0.29, 0.717) is 17.5 Å². The molecule has 2 heterocycles. The number of ether oxygens (including phenoxy) is 1. The normalized spacial score (nSPS) is 21.0. The minimum absolute atomic E-state index is 0.170. The Labute approximate surface area is 113 Å². The SMILES string of the molecule is Cc1nc(Cl)c(NCC2CN(C)CCO2)nc1C. The van der Waals surface area contributed by atoms with Gasteiger partial charge in [-0.3, -0.25) is 0 Å². The number of hydrogen-bond donors (Lipinski definition) is 1. The summed E-state index contributed by atoms with van der Waals surface area (Å²) < 4.78 is 5.67. The molecule has 0 spiro atoms. The summed E-state index contributed by atoms with van der Waals surface area (Å²) >= 11 is 6.06. The lowest BCUT2D eigenvalue weighted by Gasteiger charge is -2.30. The number of morpholine rings is 1. The number of hydrogen-bond acceptors (Lipinski definition) is 5. The Morgan fingerprint density at radius 2 is 2.11 bits per heavy atom. The Bertz CT molecular complexity index is 427. The first-order valence-corrected chi connectivity index (χ1v) is 6.49. The number of nitrogens with zero attached hydrogens (tertiary/aromatic N) is 3. The van der Waals surface area contributed by atoms with E-state index in [1.807, 2.05) is 13.8 Å². The zero-order chi connectivity index (χ0) is 13.1. The molecule has 0 amide bonds. The van der Waals surface area contributed by atoms with Gasteiger partial charge in [-0.25, -0.2) is 9.97 Å². The van der Waals surface area contributed by atoms with Crippen molar-refractivity contribution in [3.05, 3.63) is 16.5 Å². The molecule has 2 rings (SSSR count). The first-order valence-electron chi connectivity index (χ1n) is 6.11. The molecule has 5 nitrogen and oxygen atoms in total. The van der Waals surface area contributed by atoms with Crippen LogP contribution in [0.25, 0.3) is 0 Å². The van der Waals surface area contributed by atoms with Crippen molar-refractivity contribution in [1.29, 1.82) is 0 Å². The topological polar surface area (TPSA) is 50.3 Å². The average molecular weight is 271 g/mol. The van der Waals surface area contributed by atoms with E-state index >= 15 is 0 Å². The Morgan fingerprint density at radius 1 is 1.39 bits per heavy atom. The maximum Gasteiger partial charge on any atom is 0.171 e. The monoisotopic (exact) mass is 270 g/mol. The van der Waals surface area contributed by atoms with Crippen molar-refractivity contribution in [2.45, 2.75) is 20.0 Å². The molecule has 1 fully saturated rings. The molecule has 1 aromatic rings. The van der Waals surface area contributed by atoms with Crippen molar-refractivity contribution in [2.75, 3.05) is 38.6 Å². The van der Waals surface area contributed by atoms with Gasteiger partial charge in [0.25, 0.3) is 0 Å². The third kappa shape index (κ3) is 3.31. The Hall–Kier alpha value is -0.910. The van der Waals surface area contributed by atoms with Crippen molar-refractivity contribution in [2.24, 2.45) is 0 Å². The van der Waals surface area contributed by atoms with Crippen LogP contribution in [0, 0.1) is 13.8 Å². The van der Waals surface area contributed by atoms with Crippen molar-refractivity contribution >= 4 is 17.4 Å². The third-order valence-electron chi connectivity index (χ3n) is 3.10. The fourth-order valence-electron chi connectivity index (χ4n) is 1.89. The number of likely N-dealkylation sites (N-methyl/N-ethyl adjacent to an activating group) is 1. The van der Waals surface area contributed by atoms with Gasteiger partial charge in [0.15, 0.2) is 11.0 Å². The van der Waals surface area contributed by atoms with E-state index in [1.54, 1.807) is 0 Å². The van der Waals surface area contributed by atoms with E-state index in [0.717, 1.165) is 31.1 Å². The van der Waals surface area contributed by atoms with Gasteiger partial charge in [0.1, 0.15) is 0 Å². The molecule has 0 radical (unpaired) electrons. The van der Waals surface area contributed by atoms with Gasteiger partial charge < -0.3 is 15.0 Å². The summed E-state index contributed by atoms with van der Waals surface area (Å²) in [7, 11) is 2.10. The standard InChI is InChI=1S/C12H19ClN4O/c1-8-9(2)16-12(11(13)15-8)14-6-10-7-17(3)4-5-18-10/h10H,4-7H2,1-3H3,(H,14,16). The van der Waals surface area contributed by atoms with Crippen LogP contribution >= 0.6 is 11.6 Å². The fraction of sp³-hybridized carbons (Fsp3) is 0.667. The van der Waals surface area contributed by atoms with Crippen LogP contribution in [0.15, 0.2) is 0 Å². The highest BCUT2D eigenvalue weighted by molar-refractivity contribution is 6.31. The van der Waals surface area contributed by atoms with E-state index in [9.17, 15) is 0 Å². The molecule has 1 aliphatic heterocycles. The summed E-state index contributed by atoms with van der Waals surface area (Å²) in [4.78, 5) is 10.9. The van der Waals surface area contributed by atoms with Gasteiger partial charge in [-0.2, -0.15) is 0 Å². The Kier molecular flexibility index (Phi) is 4.37. The predicted molar refractivity (Wildman–Crippen MR) is 72.2 cm³/mol. The molecule has 1 aliphatic rings. The zero-order valence-electron chi connectivity index (χ0n) is 11.0. The van der Waals surface area contributed by atoms with E-state index in [1.165, 1.54) is 0 Å². The molecular weight excluding hydrogens is 252 g/mol. The maximum atomic E-state index is 6.06. The lowest BCUT2D eigenvalue weighted by Crippen LogP contribution is -2.43. The van der Waals surface area contributed by atoms with Gasteiger partial charge in [0.2, 0.25) is 0 Å². The van der Waals surface area contributed by atoms with Gasteiger partial charge in [-0.15, -0.1) is 0 Å². The number of nitrogens with one attached hydrogen (secondary N) is 1. The molecule has 0 aromatic carbocycles. The number of halogens is 1. The molecule has 0 aliphatic carbocycles. The van der Waals surface area contributed by atoms with Crippen molar-refractivity contribution in [1.82, 2.24) is 14.9 Å². The molecule has 6 heteroatoms. The molecule has 1 atom stereocenters. The zero-order valence-corrected chi connectivity index (χ0v) is 11.8. The number of aromatic nitrogens is 2. The Balaban J connectivity index is 1.95. The van der Waals surface area contributed by atoms with Gasteiger partial charge in [0, 0.05) is 19.6 Å². The second-order valence-electron chi connectivity index (χ2n) is 4.67. The van der Waals surface area contributed by atoms with Crippen LogP contribution in [0.3, 0.4) is 0 Å². The predicted octanol–water partition coefficient (Wildman–Crippen LogP) is 1.49. The third-order valence-corrected chi connectivity index (χ3v) is 3.37. The van der Waals surface area contributed by atoms with E-state index in [2.05, 4.69) is 27.2 Å². The summed E-state index contributed by atoms with van der Waals surface area (Å²) in [6.07, 6.45) is 0.170. The largest absolute Gasteiger partial charge is 0.374 e. The molecule has 1 saturated heterocycles. The molecule has 18 heavy (non-hydrogen) atoms. The first-order chi connectivity index (χ1) is 8.56. The summed E-state index contributed by atoms with van der Waals surface area (Å²) in [5, 5.41) is 3.63. The van der Waals surface area contributed by atoms with Crippen molar-refractivity contribution in [3.63, 3.8) is 0 Å². The molecule has 0 saturated carbocycles. The van der Waals surface area contributed by atoms with E-state index in [4.69, 9.17) is 16.3 Å². The fourth-order valence-corrected chi connectivity index (χ4v) is 2.12. The second kappa shape index (κ2) is 5.82. The highest BCUT2D eigenvalue weighted by Gasteiger charge is 2.18. The van der Waals surface area contributed by atoms with Crippen LogP contribution in [0.1, 0.15) is 11.4 Å². The second-order valence-corrected chi connectivity index (χ2v) is 5.03. The minimum atomic E-state index is 0.170. The van der Waals surface area contributed by atoms with Gasteiger partial charge in [0.05, 0.1) is 24.1 Å². The minimum Gasteiger partial charge on any atom is -0.374 e. The number of rotatable bonds is 3. The highest BCUT2D eigenvalue weighted by atomic mass is 35.5. The maximum absolute atomic E-state index is 6.06. The molecule has 1 aromatic heterocycles. The summed E-state index contributed by atoms with van der Waals surface area (Å²) in [6, 6.07) is 0. The van der Waals surface area contributed by atoms with Crippen LogP contribution < -0.4 is 5.32 Å². The lowest BCUT2D eigenvalue weighted by molar-refractivity contribution is -0.0117. The Morgan fingerprint density at radius 3 is 2.83 bits per heavy atom. The quantitative estimate of drug-likeness (QED) is 0.902. The smallest absolute Gasteiger partial charge is 0.171 e. The molecule has 1 N–H and O–H groups in total. The molecular formula is C12H19ClN4O. The average Bonchev–Trinajstić information content (AvgIpc) is 2.32. The summed E-state index contributed by atoms with van der Waals surface area (Å²) in [5.41, 5.74) is 1.75. The van der Waals surface area contributed by atoms with E-state index in [-0.39, 0.29) is 6.10 Å². The van der Waals surface area contributed by atoms with Crippen molar-refractivity contribution in [3.8, 4) is 0 Å². The van der Waals surface area contributed by atoms with Gasteiger partial charge >= 0.3 is 0 Å². The highest BCUT2D eigenvalue weighted by Crippen LogP contribution is 2.18. The van der Waals surface area contributed by atoms with Crippen LogP contribution in [0.2, 0.25) is 5.15 Å². The van der Waals surface area contributed by atoms with Crippen LogP contribution in [-0.4, -0.2) is 54.3 Å². The lowest BCUT2D eigenvalue weighted by atomic mass is 10.3. The van der Waals surface area contributed by atoms with Crippen molar-refractivity contribution < 1.29 is 4.74 Å².